The molecule has 0 aromatic carbocycles. The van der Waals surface area contributed by atoms with Crippen LogP contribution in [0, 0.1) is 13.8 Å². The van der Waals surface area contributed by atoms with Crippen LogP contribution in [-0.4, -0.2) is 44.4 Å². The first-order valence-corrected chi connectivity index (χ1v) is 6.94. The molecule has 0 aliphatic carbocycles. The first-order valence-electron chi connectivity index (χ1n) is 6.94. The summed E-state index contributed by atoms with van der Waals surface area (Å²) in [5, 5.41) is 20.9. The molecule has 3 rings (SSSR count). The van der Waals surface area contributed by atoms with Gasteiger partial charge < -0.3 is 14.4 Å². The predicted molar refractivity (Wildman–Crippen MR) is 73.6 cm³/mol. The summed E-state index contributed by atoms with van der Waals surface area (Å²) in [5.41, 5.74) is 0.722. The van der Waals surface area contributed by atoms with E-state index in [0.717, 1.165) is 5.56 Å². The number of hydrogen-bond donors (Lipinski definition) is 2. The quantitative estimate of drug-likeness (QED) is 0.864. The van der Waals surface area contributed by atoms with Gasteiger partial charge in [0.2, 0.25) is 0 Å². The highest BCUT2D eigenvalue weighted by Gasteiger charge is 2.39. The maximum atomic E-state index is 12.7. The number of β-amino-alcohol motifs (C(OH)–C–C–N with tert-alkyl or cyclic N) is 1. The monoisotopic (exact) mass is 290 g/mol. The summed E-state index contributed by atoms with van der Waals surface area (Å²) in [6.07, 6.45) is 4.36. The number of nitrogens with one attached hydrogen (secondary N) is 1. The Labute approximate surface area is 121 Å². The Hall–Kier alpha value is -2.15. The minimum absolute atomic E-state index is 0.111. The molecule has 1 aliphatic heterocycles. The van der Waals surface area contributed by atoms with E-state index in [0.29, 0.717) is 36.4 Å². The molecule has 112 valence electrons. The molecule has 1 saturated heterocycles. The van der Waals surface area contributed by atoms with E-state index in [1.807, 2.05) is 6.92 Å². The number of aromatic nitrogens is 3. The van der Waals surface area contributed by atoms with Gasteiger partial charge in [0, 0.05) is 12.1 Å². The summed E-state index contributed by atoms with van der Waals surface area (Å²) in [7, 11) is 0. The molecule has 1 atom stereocenters. The van der Waals surface area contributed by atoms with Crippen LogP contribution >= 0.6 is 0 Å². The van der Waals surface area contributed by atoms with Crippen LogP contribution in [0.4, 0.5) is 0 Å². The van der Waals surface area contributed by atoms with E-state index < -0.39 is 5.60 Å². The SMILES string of the molecule is Cc1coc(C)c1C(=O)N1CCC[C@@](O)(c2cn[nH]n2)C1. The molecular formula is C14H18N4O3. The van der Waals surface area contributed by atoms with Crippen LogP contribution in [-0.2, 0) is 5.60 Å². The highest BCUT2D eigenvalue weighted by atomic mass is 16.3. The lowest BCUT2D eigenvalue weighted by atomic mass is 9.89. The summed E-state index contributed by atoms with van der Waals surface area (Å²) < 4.78 is 5.29. The van der Waals surface area contributed by atoms with E-state index in [-0.39, 0.29) is 12.5 Å². The van der Waals surface area contributed by atoms with Gasteiger partial charge >= 0.3 is 0 Å². The van der Waals surface area contributed by atoms with Crippen molar-refractivity contribution in [3.8, 4) is 0 Å². The highest BCUT2D eigenvalue weighted by molar-refractivity contribution is 5.96. The highest BCUT2D eigenvalue weighted by Crippen LogP contribution is 2.31. The van der Waals surface area contributed by atoms with Gasteiger partial charge in [-0.1, -0.05) is 0 Å². The molecule has 0 unspecified atom stereocenters. The lowest BCUT2D eigenvalue weighted by Crippen LogP contribution is -2.49. The van der Waals surface area contributed by atoms with Crippen LogP contribution in [0.2, 0.25) is 0 Å². The van der Waals surface area contributed by atoms with E-state index in [1.54, 1.807) is 18.1 Å². The fraction of sp³-hybridized carbons (Fsp3) is 0.500. The van der Waals surface area contributed by atoms with Crippen LogP contribution in [0.5, 0.6) is 0 Å². The van der Waals surface area contributed by atoms with Crippen molar-refractivity contribution in [1.82, 2.24) is 20.3 Å². The number of furan rings is 1. The number of aliphatic hydroxyl groups is 1. The summed E-state index contributed by atoms with van der Waals surface area (Å²) in [4.78, 5) is 14.3. The zero-order valence-corrected chi connectivity index (χ0v) is 12.1. The second-order valence-corrected chi connectivity index (χ2v) is 5.57. The van der Waals surface area contributed by atoms with Crippen molar-refractivity contribution < 1.29 is 14.3 Å². The van der Waals surface area contributed by atoms with Gasteiger partial charge in [-0.2, -0.15) is 15.4 Å². The number of hydrogen-bond acceptors (Lipinski definition) is 5. The van der Waals surface area contributed by atoms with Crippen molar-refractivity contribution in [3.63, 3.8) is 0 Å². The number of carbonyl (C=O) groups excluding carboxylic acids is 1. The molecular weight excluding hydrogens is 272 g/mol. The van der Waals surface area contributed by atoms with Crippen molar-refractivity contribution in [3.05, 3.63) is 35.0 Å². The molecule has 0 bridgehead atoms. The van der Waals surface area contributed by atoms with Crippen molar-refractivity contribution in [2.45, 2.75) is 32.3 Å². The molecule has 0 saturated carbocycles. The van der Waals surface area contributed by atoms with Crippen LogP contribution in [0.3, 0.4) is 0 Å². The van der Waals surface area contributed by atoms with Gasteiger partial charge in [-0.3, -0.25) is 4.79 Å². The van der Waals surface area contributed by atoms with Crippen LogP contribution < -0.4 is 0 Å². The van der Waals surface area contributed by atoms with Crippen LogP contribution in [0.1, 0.15) is 40.2 Å². The van der Waals surface area contributed by atoms with Crippen molar-refractivity contribution in [2.24, 2.45) is 0 Å². The summed E-state index contributed by atoms with van der Waals surface area (Å²) in [5.74, 6) is 0.494. The van der Waals surface area contributed by atoms with Crippen molar-refractivity contribution in [2.75, 3.05) is 13.1 Å². The number of carbonyl (C=O) groups is 1. The van der Waals surface area contributed by atoms with Crippen molar-refractivity contribution in [1.29, 1.82) is 0 Å². The number of aryl methyl sites for hydroxylation is 2. The van der Waals surface area contributed by atoms with Gasteiger partial charge in [0.15, 0.2) is 0 Å². The molecule has 7 heteroatoms. The van der Waals surface area contributed by atoms with Crippen LogP contribution in [0.25, 0.3) is 0 Å². The predicted octanol–water partition coefficient (Wildman–Crippen LogP) is 1.14. The van der Waals surface area contributed by atoms with E-state index in [2.05, 4.69) is 15.4 Å². The minimum atomic E-state index is -1.15. The van der Waals surface area contributed by atoms with Gasteiger partial charge in [-0.15, -0.1) is 0 Å². The largest absolute Gasteiger partial charge is 0.469 e. The minimum Gasteiger partial charge on any atom is -0.469 e. The fourth-order valence-electron chi connectivity index (χ4n) is 2.89. The molecule has 0 spiro atoms. The number of H-pyrrole nitrogens is 1. The number of likely N-dealkylation sites (tertiary alicyclic amines) is 1. The number of piperidine rings is 1. The number of rotatable bonds is 2. The van der Waals surface area contributed by atoms with Gasteiger partial charge in [0.25, 0.3) is 5.91 Å². The van der Waals surface area contributed by atoms with E-state index in [1.165, 1.54) is 6.20 Å². The second-order valence-electron chi connectivity index (χ2n) is 5.57. The Morgan fingerprint density at radius 3 is 2.95 bits per heavy atom. The first kappa shape index (κ1) is 13.8. The molecule has 1 fully saturated rings. The van der Waals surface area contributed by atoms with Gasteiger partial charge in [-0.25, -0.2) is 0 Å². The Morgan fingerprint density at radius 2 is 2.33 bits per heavy atom. The summed E-state index contributed by atoms with van der Waals surface area (Å²) in [6, 6.07) is 0. The third-order valence-electron chi connectivity index (χ3n) is 4.02. The van der Waals surface area contributed by atoms with E-state index in [9.17, 15) is 9.90 Å². The number of amides is 1. The molecule has 1 amide bonds. The average Bonchev–Trinajstić information content (AvgIpc) is 3.09. The fourth-order valence-corrected chi connectivity index (χ4v) is 2.89. The normalized spacial score (nSPS) is 22.5. The standard InChI is InChI=1S/C14H18N4O3/c1-9-7-21-10(2)12(9)13(19)18-5-3-4-14(20,8-18)11-6-15-17-16-11/h6-7,20H,3-5,8H2,1-2H3,(H,15,16,17)/t14-/m0/s1. The maximum absolute atomic E-state index is 12.7. The van der Waals surface area contributed by atoms with Crippen molar-refractivity contribution >= 4 is 5.91 Å². The Bertz CT molecular complexity index is 630. The first-order chi connectivity index (χ1) is 10.0. The Morgan fingerprint density at radius 1 is 1.52 bits per heavy atom. The van der Waals surface area contributed by atoms with E-state index >= 15 is 0 Å². The summed E-state index contributed by atoms with van der Waals surface area (Å²) >= 11 is 0. The lowest BCUT2D eigenvalue weighted by molar-refractivity contribution is -0.0321. The molecule has 2 aromatic rings. The second kappa shape index (κ2) is 5.00. The van der Waals surface area contributed by atoms with Crippen LogP contribution in [0.15, 0.2) is 16.9 Å². The zero-order valence-electron chi connectivity index (χ0n) is 12.1. The van der Waals surface area contributed by atoms with Gasteiger partial charge in [0.1, 0.15) is 17.1 Å². The lowest BCUT2D eigenvalue weighted by Gasteiger charge is -2.38. The number of aromatic amines is 1. The van der Waals surface area contributed by atoms with E-state index in [4.69, 9.17) is 4.42 Å². The number of nitrogens with zero attached hydrogens (tertiary/aromatic N) is 3. The Balaban J connectivity index is 1.85. The topological polar surface area (TPSA) is 95.3 Å². The molecule has 0 radical (unpaired) electrons. The molecule has 2 aromatic heterocycles. The summed E-state index contributed by atoms with van der Waals surface area (Å²) in [6.45, 7) is 4.44. The molecule has 1 aliphatic rings. The third-order valence-corrected chi connectivity index (χ3v) is 4.02. The molecule has 21 heavy (non-hydrogen) atoms. The molecule has 2 N–H and O–H groups in total. The molecule has 3 heterocycles. The third kappa shape index (κ3) is 2.33. The van der Waals surface area contributed by atoms with Gasteiger partial charge in [0.05, 0.1) is 24.6 Å². The molecule has 7 nitrogen and oxygen atoms in total. The van der Waals surface area contributed by atoms with Gasteiger partial charge in [-0.05, 0) is 26.7 Å². The smallest absolute Gasteiger partial charge is 0.257 e. The zero-order chi connectivity index (χ0) is 15.0. The average molecular weight is 290 g/mol. The maximum Gasteiger partial charge on any atom is 0.257 e. The Kier molecular flexibility index (Phi) is 3.29.